The van der Waals surface area contributed by atoms with E-state index in [0.717, 1.165) is 16.5 Å². The van der Waals surface area contributed by atoms with Crippen LogP contribution in [0.25, 0.3) is 10.9 Å². The lowest BCUT2D eigenvalue weighted by molar-refractivity contribution is -0.143. The van der Waals surface area contributed by atoms with Crippen LogP contribution in [0, 0.1) is 5.92 Å². The third-order valence-electron chi connectivity index (χ3n) is 5.54. The van der Waals surface area contributed by atoms with Crippen LogP contribution < -0.4 is 21.7 Å². The Kier molecular flexibility index (Phi) is 9.97. The van der Waals surface area contributed by atoms with Crippen molar-refractivity contribution in [1.82, 2.24) is 20.9 Å². The third-order valence-corrected chi connectivity index (χ3v) is 5.54. The highest BCUT2D eigenvalue weighted by Crippen LogP contribution is 2.18. The molecule has 0 spiro atoms. The average molecular weight is 504 g/mol. The normalized spacial score (nSPS) is 14.5. The highest BCUT2D eigenvalue weighted by molar-refractivity contribution is 5.95. The summed E-state index contributed by atoms with van der Waals surface area (Å²) in [7, 11) is 0. The van der Waals surface area contributed by atoms with Crippen LogP contribution in [-0.4, -0.2) is 69.0 Å². The van der Waals surface area contributed by atoms with E-state index in [-0.39, 0.29) is 18.8 Å². The van der Waals surface area contributed by atoms with Crippen molar-refractivity contribution in [2.24, 2.45) is 11.7 Å². The number of H-pyrrole nitrogens is 1. The second kappa shape index (κ2) is 12.7. The fourth-order valence-electron chi connectivity index (χ4n) is 3.66. The predicted octanol–water partition coefficient (Wildman–Crippen LogP) is 0.117. The largest absolute Gasteiger partial charge is 0.481 e. The van der Waals surface area contributed by atoms with Gasteiger partial charge in [0.1, 0.15) is 18.1 Å². The lowest BCUT2D eigenvalue weighted by Gasteiger charge is -2.23. The number of nitrogens with two attached hydrogens (primary N) is 1. The zero-order valence-electron chi connectivity index (χ0n) is 20.4. The van der Waals surface area contributed by atoms with Gasteiger partial charge in [0.15, 0.2) is 0 Å². The molecule has 1 aromatic carbocycles. The molecule has 36 heavy (non-hydrogen) atoms. The lowest BCUT2D eigenvalue weighted by atomic mass is 10.0. The number of fused-ring (bicyclic) bond motifs is 1. The van der Waals surface area contributed by atoms with Crippen LogP contribution in [0.5, 0.6) is 0 Å². The number of aliphatic carboxylic acids is 2. The van der Waals surface area contributed by atoms with Crippen LogP contribution >= 0.6 is 0 Å². The van der Waals surface area contributed by atoms with Crippen LogP contribution in [0.4, 0.5) is 0 Å². The fraction of sp³-hybridized carbons (Fsp3) is 0.458. The number of rotatable bonds is 13. The van der Waals surface area contributed by atoms with Crippen LogP contribution in [0.1, 0.15) is 39.2 Å². The van der Waals surface area contributed by atoms with Crippen molar-refractivity contribution in [2.75, 3.05) is 0 Å². The summed E-state index contributed by atoms with van der Waals surface area (Å²) >= 11 is 0. The van der Waals surface area contributed by atoms with Gasteiger partial charge in [-0.25, -0.2) is 4.79 Å². The first-order chi connectivity index (χ1) is 16.9. The van der Waals surface area contributed by atoms with Crippen molar-refractivity contribution in [1.29, 1.82) is 0 Å². The Hall–Kier alpha value is -3.93. The molecule has 12 heteroatoms. The van der Waals surface area contributed by atoms with E-state index >= 15 is 0 Å². The van der Waals surface area contributed by atoms with Gasteiger partial charge in [0.05, 0.1) is 12.5 Å². The summed E-state index contributed by atoms with van der Waals surface area (Å²) in [4.78, 5) is 63.6. The smallest absolute Gasteiger partial charge is 0.326 e. The number of amides is 3. The van der Waals surface area contributed by atoms with Gasteiger partial charge >= 0.3 is 11.9 Å². The minimum atomic E-state index is -1.50. The number of carbonyl (C=O) groups excluding carboxylic acids is 3. The second-order valence-electron chi connectivity index (χ2n) is 9.09. The molecule has 0 radical (unpaired) electrons. The molecule has 0 bridgehead atoms. The Morgan fingerprint density at radius 1 is 0.917 bits per heavy atom. The molecule has 2 rings (SSSR count). The van der Waals surface area contributed by atoms with E-state index in [4.69, 9.17) is 5.73 Å². The summed E-state index contributed by atoms with van der Waals surface area (Å²) in [5.74, 6) is -4.96. The number of benzene rings is 1. The maximum atomic E-state index is 12.7. The average Bonchev–Trinajstić information content (AvgIpc) is 3.20. The molecule has 0 aliphatic rings. The number of para-hydroxylation sites is 1. The van der Waals surface area contributed by atoms with Gasteiger partial charge in [-0.1, -0.05) is 32.0 Å². The van der Waals surface area contributed by atoms with Gasteiger partial charge in [-0.3, -0.25) is 19.2 Å². The topological polar surface area (TPSA) is 204 Å². The Morgan fingerprint density at radius 3 is 2.17 bits per heavy atom. The summed E-state index contributed by atoms with van der Waals surface area (Å²) in [5.41, 5.74) is 7.68. The molecular weight excluding hydrogens is 470 g/mol. The van der Waals surface area contributed by atoms with Crippen LogP contribution in [0.2, 0.25) is 0 Å². The molecule has 8 N–H and O–H groups in total. The number of carbonyl (C=O) groups is 5. The Labute approximate surface area is 208 Å². The van der Waals surface area contributed by atoms with Crippen molar-refractivity contribution in [2.45, 2.75) is 64.2 Å². The predicted molar refractivity (Wildman–Crippen MR) is 131 cm³/mol. The number of carboxylic acids is 2. The Morgan fingerprint density at radius 2 is 1.56 bits per heavy atom. The van der Waals surface area contributed by atoms with Crippen LogP contribution in [0.15, 0.2) is 30.5 Å². The molecule has 0 saturated heterocycles. The number of aromatic amines is 1. The fourth-order valence-corrected chi connectivity index (χ4v) is 3.66. The van der Waals surface area contributed by atoms with Crippen molar-refractivity contribution in [3.63, 3.8) is 0 Å². The van der Waals surface area contributed by atoms with E-state index < -0.39 is 60.2 Å². The molecule has 12 nitrogen and oxygen atoms in total. The van der Waals surface area contributed by atoms with Crippen molar-refractivity contribution < 1.29 is 34.2 Å². The zero-order valence-corrected chi connectivity index (χ0v) is 20.4. The molecule has 0 aliphatic carbocycles. The molecular formula is C24H33N5O7. The monoisotopic (exact) mass is 503 g/mol. The first-order valence-electron chi connectivity index (χ1n) is 11.5. The van der Waals surface area contributed by atoms with E-state index in [1.165, 1.54) is 6.92 Å². The Bertz CT molecular complexity index is 1110. The molecule has 3 amide bonds. The summed E-state index contributed by atoms with van der Waals surface area (Å²) in [5, 5.41) is 26.4. The summed E-state index contributed by atoms with van der Waals surface area (Å²) < 4.78 is 0. The number of nitrogens with one attached hydrogen (secondary N) is 4. The molecule has 1 heterocycles. The van der Waals surface area contributed by atoms with Gasteiger partial charge in [0, 0.05) is 17.1 Å². The van der Waals surface area contributed by atoms with E-state index in [2.05, 4.69) is 20.9 Å². The lowest BCUT2D eigenvalue weighted by Crippen LogP contribution is -2.57. The molecule has 2 aromatic rings. The van der Waals surface area contributed by atoms with E-state index in [9.17, 15) is 34.2 Å². The standard InChI is InChI=1S/C24H33N5O7/c1-12(2)8-19(24(35)36)29-21(32)13(3)27-23(34)18(10-20(30)31)28-22(33)16(25)9-14-11-26-17-7-5-4-6-15(14)17/h4-7,11-13,16,18-19,26H,8-10,25H2,1-3H3,(H,27,34)(H,28,33)(H,29,32)(H,30,31)(H,35,36). The minimum Gasteiger partial charge on any atom is -0.481 e. The van der Waals surface area contributed by atoms with Crippen molar-refractivity contribution in [3.8, 4) is 0 Å². The van der Waals surface area contributed by atoms with Gasteiger partial charge in [-0.2, -0.15) is 0 Å². The van der Waals surface area contributed by atoms with Gasteiger partial charge in [0.2, 0.25) is 17.7 Å². The molecule has 196 valence electrons. The molecule has 1 aromatic heterocycles. The maximum absolute atomic E-state index is 12.7. The highest BCUT2D eigenvalue weighted by atomic mass is 16.4. The summed E-state index contributed by atoms with van der Waals surface area (Å²) in [6.45, 7) is 4.93. The number of aromatic nitrogens is 1. The first-order valence-corrected chi connectivity index (χ1v) is 11.5. The summed E-state index contributed by atoms with van der Waals surface area (Å²) in [6.07, 6.45) is 1.32. The number of hydrogen-bond acceptors (Lipinski definition) is 6. The van der Waals surface area contributed by atoms with Crippen LogP contribution in [-0.2, 0) is 30.4 Å². The van der Waals surface area contributed by atoms with Gasteiger partial charge < -0.3 is 36.9 Å². The van der Waals surface area contributed by atoms with Crippen LogP contribution in [0.3, 0.4) is 0 Å². The van der Waals surface area contributed by atoms with Gasteiger partial charge in [0.25, 0.3) is 0 Å². The number of carboxylic acid groups (broad SMARTS) is 2. The first kappa shape index (κ1) is 28.3. The zero-order chi connectivity index (χ0) is 27.0. The van der Waals surface area contributed by atoms with Crippen molar-refractivity contribution >= 4 is 40.6 Å². The highest BCUT2D eigenvalue weighted by Gasteiger charge is 2.30. The third kappa shape index (κ3) is 8.08. The van der Waals surface area contributed by atoms with E-state index in [1.54, 1.807) is 20.0 Å². The molecule has 0 saturated carbocycles. The van der Waals surface area contributed by atoms with E-state index in [1.807, 2.05) is 24.3 Å². The maximum Gasteiger partial charge on any atom is 0.326 e. The van der Waals surface area contributed by atoms with E-state index in [0.29, 0.717) is 0 Å². The molecule has 4 unspecified atom stereocenters. The number of hydrogen-bond donors (Lipinski definition) is 7. The molecule has 0 aliphatic heterocycles. The molecule has 0 fully saturated rings. The van der Waals surface area contributed by atoms with Gasteiger partial charge in [-0.05, 0) is 37.3 Å². The molecule has 4 atom stereocenters. The van der Waals surface area contributed by atoms with Crippen molar-refractivity contribution in [3.05, 3.63) is 36.0 Å². The minimum absolute atomic E-state index is 0.0000721. The Balaban J connectivity index is 2.02. The SMILES string of the molecule is CC(C)CC(NC(=O)C(C)NC(=O)C(CC(=O)O)NC(=O)C(N)Cc1c[nH]c2ccccc12)C(=O)O. The quantitative estimate of drug-likeness (QED) is 0.199. The van der Waals surface area contributed by atoms with Gasteiger partial charge in [-0.15, -0.1) is 0 Å². The second-order valence-corrected chi connectivity index (χ2v) is 9.09. The summed E-state index contributed by atoms with van der Waals surface area (Å²) in [6, 6.07) is 2.56.